The predicted molar refractivity (Wildman–Crippen MR) is 106 cm³/mol. The van der Waals surface area contributed by atoms with Crippen molar-refractivity contribution in [2.45, 2.75) is 38.5 Å². The average Bonchev–Trinajstić information content (AvgIpc) is 2.68. The molecule has 1 heteroatoms. The van der Waals surface area contributed by atoms with Crippen LogP contribution in [0.15, 0.2) is 42.5 Å². The van der Waals surface area contributed by atoms with E-state index in [-0.39, 0.29) is 0 Å². The van der Waals surface area contributed by atoms with Crippen LogP contribution in [-0.2, 0) is 19.3 Å². The van der Waals surface area contributed by atoms with E-state index in [1.807, 2.05) is 0 Å². The zero-order valence-corrected chi connectivity index (χ0v) is 15.0. The molecular formula is C24H27N. The van der Waals surface area contributed by atoms with Gasteiger partial charge in [-0.05, 0) is 84.5 Å². The molecule has 1 unspecified atom stereocenters. The monoisotopic (exact) mass is 329 g/mol. The molecule has 1 atom stereocenters. The first kappa shape index (κ1) is 15.4. The van der Waals surface area contributed by atoms with Crippen molar-refractivity contribution in [2.75, 3.05) is 19.6 Å². The van der Waals surface area contributed by atoms with Crippen LogP contribution >= 0.6 is 0 Å². The van der Waals surface area contributed by atoms with Gasteiger partial charge in [0.2, 0.25) is 0 Å². The van der Waals surface area contributed by atoms with Crippen molar-refractivity contribution in [1.29, 1.82) is 0 Å². The van der Waals surface area contributed by atoms with E-state index in [1.165, 1.54) is 80.4 Å². The smallest absolute Gasteiger partial charge is 0.00476 e. The normalized spacial score (nSPS) is 22.2. The van der Waals surface area contributed by atoms with E-state index in [1.54, 1.807) is 11.1 Å². The Hall–Kier alpha value is -1.86. The van der Waals surface area contributed by atoms with Gasteiger partial charge < -0.3 is 4.90 Å². The fourth-order valence-electron chi connectivity index (χ4n) is 5.08. The Kier molecular flexibility index (Phi) is 3.98. The molecule has 1 heterocycles. The Bertz CT molecular complexity index is 811. The number of hydrogen-bond acceptors (Lipinski definition) is 1. The molecule has 0 saturated carbocycles. The first-order valence-corrected chi connectivity index (χ1v) is 10.0. The molecule has 0 spiro atoms. The highest BCUT2D eigenvalue weighted by Crippen LogP contribution is 2.39. The third-order valence-corrected chi connectivity index (χ3v) is 6.37. The number of benzene rings is 2. The molecule has 5 rings (SSSR count). The number of aryl methyl sites for hydroxylation is 1. The fraction of sp³-hybridized carbons (Fsp3) is 0.417. The lowest BCUT2D eigenvalue weighted by atomic mass is 9.77. The molecule has 2 aliphatic carbocycles. The van der Waals surface area contributed by atoms with Crippen LogP contribution in [0.4, 0.5) is 0 Å². The molecule has 0 radical (unpaired) electrons. The molecule has 0 bridgehead atoms. The number of piperidine rings is 1. The van der Waals surface area contributed by atoms with Crippen LogP contribution in [0.25, 0.3) is 17.2 Å². The number of hydrogen-bond donors (Lipinski definition) is 0. The van der Waals surface area contributed by atoms with Gasteiger partial charge in [-0.15, -0.1) is 0 Å². The van der Waals surface area contributed by atoms with Crippen molar-refractivity contribution in [3.05, 3.63) is 64.7 Å². The summed E-state index contributed by atoms with van der Waals surface area (Å²) in [7, 11) is 0. The van der Waals surface area contributed by atoms with Crippen LogP contribution in [-0.4, -0.2) is 24.5 Å². The quantitative estimate of drug-likeness (QED) is 0.739. The highest BCUT2D eigenvalue weighted by atomic mass is 15.1. The van der Waals surface area contributed by atoms with Gasteiger partial charge in [0, 0.05) is 6.54 Å². The van der Waals surface area contributed by atoms with E-state index < -0.39 is 0 Å². The molecule has 1 nitrogen and oxygen atoms in total. The van der Waals surface area contributed by atoms with Gasteiger partial charge in [0.25, 0.3) is 0 Å². The second kappa shape index (κ2) is 6.46. The van der Waals surface area contributed by atoms with Gasteiger partial charge in [-0.3, -0.25) is 0 Å². The summed E-state index contributed by atoms with van der Waals surface area (Å²) in [6, 6.07) is 13.7. The second-order valence-corrected chi connectivity index (χ2v) is 8.00. The molecule has 128 valence electrons. The van der Waals surface area contributed by atoms with E-state index in [0.717, 1.165) is 0 Å². The number of nitrogens with zero attached hydrogens (tertiary/aromatic N) is 1. The lowest BCUT2D eigenvalue weighted by Crippen LogP contribution is -2.35. The van der Waals surface area contributed by atoms with Crippen molar-refractivity contribution >= 4 is 6.08 Å². The largest absolute Gasteiger partial charge is 0.303 e. The maximum absolute atomic E-state index is 2.69. The zero-order chi connectivity index (χ0) is 16.6. The number of rotatable bonds is 2. The summed E-state index contributed by atoms with van der Waals surface area (Å²) in [4.78, 5) is 2.69. The molecule has 2 aromatic carbocycles. The molecule has 25 heavy (non-hydrogen) atoms. The predicted octanol–water partition coefficient (Wildman–Crippen LogP) is 5.12. The minimum Gasteiger partial charge on any atom is -0.303 e. The minimum atomic E-state index is 0.689. The van der Waals surface area contributed by atoms with Crippen LogP contribution in [0, 0.1) is 5.92 Å². The standard InChI is InChI=1S/C24H27N/c1-4-14-25(15-5-1)17-18-8-9-20-11-12-22-21-7-3-2-6-19(21)10-13-23(22)24(20)16-18/h2-3,6-9,11-12,18H,1,4-5,10,13-17H2. The van der Waals surface area contributed by atoms with Gasteiger partial charge in [-0.25, -0.2) is 0 Å². The molecule has 3 aliphatic rings. The Morgan fingerprint density at radius 1 is 0.840 bits per heavy atom. The maximum Gasteiger partial charge on any atom is 0.00476 e. The summed E-state index contributed by atoms with van der Waals surface area (Å²) in [5, 5.41) is 0. The molecule has 0 N–H and O–H groups in total. The van der Waals surface area contributed by atoms with Gasteiger partial charge in [0.05, 0.1) is 0 Å². The molecule has 0 amide bonds. The van der Waals surface area contributed by atoms with Gasteiger partial charge in [0.1, 0.15) is 0 Å². The summed E-state index contributed by atoms with van der Waals surface area (Å²) in [6.45, 7) is 3.85. The summed E-state index contributed by atoms with van der Waals surface area (Å²) in [5.74, 6) is 0.689. The Morgan fingerprint density at radius 2 is 1.72 bits per heavy atom. The van der Waals surface area contributed by atoms with Crippen molar-refractivity contribution in [1.82, 2.24) is 4.90 Å². The van der Waals surface area contributed by atoms with Crippen LogP contribution in [0.1, 0.15) is 41.5 Å². The van der Waals surface area contributed by atoms with Gasteiger partial charge >= 0.3 is 0 Å². The topological polar surface area (TPSA) is 3.24 Å². The Labute approximate surface area is 151 Å². The van der Waals surface area contributed by atoms with Gasteiger partial charge in [-0.1, -0.05) is 55.0 Å². The summed E-state index contributed by atoms with van der Waals surface area (Å²) in [5.41, 5.74) is 9.21. The van der Waals surface area contributed by atoms with Gasteiger partial charge in [-0.2, -0.15) is 0 Å². The van der Waals surface area contributed by atoms with Crippen molar-refractivity contribution in [3.8, 4) is 11.1 Å². The second-order valence-electron chi connectivity index (χ2n) is 8.00. The lowest BCUT2D eigenvalue weighted by Gasteiger charge is -2.32. The van der Waals surface area contributed by atoms with E-state index >= 15 is 0 Å². The van der Waals surface area contributed by atoms with Crippen LogP contribution in [0.5, 0.6) is 0 Å². The third kappa shape index (κ3) is 2.85. The van der Waals surface area contributed by atoms with E-state index in [9.17, 15) is 0 Å². The number of likely N-dealkylation sites (tertiary alicyclic amines) is 1. The van der Waals surface area contributed by atoms with Crippen molar-refractivity contribution in [3.63, 3.8) is 0 Å². The molecule has 1 aliphatic heterocycles. The highest BCUT2D eigenvalue weighted by Gasteiger charge is 2.24. The van der Waals surface area contributed by atoms with E-state index in [4.69, 9.17) is 0 Å². The first-order valence-electron chi connectivity index (χ1n) is 10.0. The molecule has 0 aromatic heterocycles. The van der Waals surface area contributed by atoms with E-state index in [2.05, 4.69) is 53.5 Å². The summed E-state index contributed by atoms with van der Waals surface area (Å²) >= 11 is 0. The maximum atomic E-state index is 2.69. The SMILES string of the molecule is C1=CC(CN2CCCCC2)Cc2c1ccc1c2CCc2ccccc2-1. The molecular weight excluding hydrogens is 302 g/mol. The number of fused-ring (bicyclic) bond motifs is 5. The summed E-state index contributed by atoms with van der Waals surface area (Å²) in [6.07, 6.45) is 12.7. The van der Waals surface area contributed by atoms with E-state index in [0.29, 0.717) is 5.92 Å². The summed E-state index contributed by atoms with van der Waals surface area (Å²) < 4.78 is 0. The lowest BCUT2D eigenvalue weighted by molar-refractivity contribution is 0.208. The third-order valence-electron chi connectivity index (χ3n) is 6.37. The first-order chi connectivity index (χ1) is 12.4. The molecule has 1 fully saturated rings. The highest BCUT2D eigenvalue weighted by molar-refractivity contribution is 5.77. The fourth-order valence-corrected chi connectivity index (χ4v) is 5.08. The Balaban J connectivity index is 1.45. The molecule has 2 aromatic rings. The average molecular weight is 329 g/mol. The van der Waals surface area contributed by atoms with Crippen LogP contribution in [0.3, 0.4) is 0 Å². The Morgan fingerprint density at radius 3 is 2.64 bits per heavy atom. The zero-order valence-electron chi connectivity index (χ0n) is 15.0. The van der Waals surface area contributed by atoms with Crippen molar-refractivity contribution < 1.29 is 0 Å². The minimum absolute atomic E-state index is 0.689. The van der Waals surface area contributed by atoms with Crippen molar-refractivity contribution in [2.24, 2.45) is 5.92 Å². The van der Waals surface area contributed by atoms with Crippen LogP contribution < -0.4 is 0 Å². The molecule has 1 saturated heterocycles. The van der Waals surface area contributed by atoms with Gasteiger partial charge in [0.15, 0.2) is 0 Å². The van der Waals surface area contributed by atoms with Crippen LogP contribution in [0.2, 0.25) is 0 Å².